The van der Waals surface area contributed by atoms with Crippen molar-refractivity contribution in [2.24, 2.45) is 0 Å². The molecule has 2 aromatic carbocycles. The van der Waals surface area contributed by atoms with Crippen molar-refractivity contribution < 1.29 is 23.7 Å². The highest BCUT2D eigenvalue weighted by atomic mass is 16.5. The molecule has 2 unspecified atom stereocenters. The average Bonchev–Trinajstić information content (AvgIpc) is 2.79. The van der Waals surface area contributed by atoms with Gasteiger partial charge in [-0.2, -0.15) is 0 Å². The summed E-state index contributed by atoms with van der Waals surface area (Å²) in [6.07, 6.45) is 3.65. The van der Waals surface area contributed by atoms with E-state index in [1.807, 2.05) is 31.2 Å². The molecule has 0 fully saturated rings. The molecule has 6 heteroatoms. The third kappa shape index (κ3) is 5.91. The molecule has 0 spiro atoms. The number of carbonyl (C=O) groups is 1. The maximum atomic E-state index is 12.8. The first-order valence-electron chi connectivity index (χ1n) is 10.8. The number of hydrogen-bond donors (Lipinski definition) is 1. The van der Waals surface area contributed by atoms with Crippen molar-refractivity contribution in [3.63, 3.8) is 0 Å². The van der Waals surface area contributed by atoms with Gasteiger partial charge >= 0.3 is 0 Å². The average molecular weight is 428 g/mol. The second kappa shape index (κ2) is 11.0. The van der Waals surface area contributed by atoms with E-state index in [-0.39, 0.29) is 17.9 Å². The first kappa shape index (κ1) is 22.9. The molecule has 2 aromatic rings. The zero-order chi connectivity index (χ0) is 22.2. The number of amides is 1. The summed E-state index contributed by atoms with van der Waals surface area (Å²) in [5.41, 5.74) is 3.54. The third-order valence-electron chi connectivity index (χ3n) is 5.83. The van der Waals surface area contributed by atoms with E-state index in [1.165, 1.54) is 11.1 Å². The number of ether oxygens (including phenoxy) is 4. The van der Waals surface area contributed by atoms with Crippen LogP contribution >= 0.6 is 0 Å². The number of benzene rings is 2. The third-order valence-corrected chi connectivity index (χ3v) is 5.83. The fraction of sp³-hybridized carbons (Fsp3) is 0.480. The minimum atomic E-state index is -0.131. The summed E-state index contributed by atoms with van der Waals surface area (Å²) in [5, 5.41) is 3.14. The standard InChI is InChI=1S/C25H33NO5/c1-17(18-8-11-23(24(15-18)30-4)31-13-12-28-2)26-25(27)16-20-7-5-6-19-14-21(29-3)9-10-22(19)20/h8-11,14-15,17,20H,5-7,12-13,16H2,1-4H3,(H,26,27). The number of hydrogen-bond acceptors (Lipinski definition) is 5. The van der Waals surface area contributed by atoms with Gasteiger partial charge in [0.05, 0.1) is 26.9 Å². The Morgan fingerprint density at radius 2 is 1.90 bits per heavy atom. The summed E-state index contributed by atoms with van der Waals surface area (Å²) < 4.78 is 21.5. The number of aryl methyl sites for hydroxylation is 1. The highest BCUT2D eigenvalue weighted by Crippen LogP contribution is 2.36. The first-order chi connectivity index (χ1) is 15.0. The maximum Gasteiger partial charge on any atom is 0.221 e. The Morgan fingerprint density at radius 3 is 2.65 bits per heavy atom. The van der Waals surface area contributed by atoms with Crippen LogP contribution in [-0.2, 0) is 16.0 Å². The Bertz CT molecular complexity index is 882. The summed E-state index contributed by atoms with van der Waals surface area (Å²) in [6.45, 7) is 2.94. The van der Waals surface area contributed by atoms with Gasteiger partial charge in [0.1, 0.15) is 12.4 Å². The number of fused-ring (bicyclic) bond motifs is 1. The molecule has 0 aromatic heterocycles. The molecular formula is C25H33NO5. The van der Waals surface area contributed by atoms with Crippen molar-refractivity contribution in [1.82, 2.24) is 5.32 Å². The van der Waals surface area contributed by atoms with Gasteiger partial charge in [-0.15, -0.1) is 0 Å². The van der Waals surface area contributed by atoms with E-state index < -0.39 is 0 Å². The Balaban J connectivity index is 1.62. The monoisotopic (exact) mass is 427 g/mol. The lowest BCUT2D eigenvalue weighted by Gasteiger charge is -2.26. The molecule has 0 radical (unpaired) electrons. The van der Waals surface area contributed by atoms with Gasteiger partial charge in [-0.3, -0.25) is 4.79 Å². The highest BCUT2D eigenvalue weighted by molar-refractivity contribution is 5.77. The molecular weight excluding hydrogens is 394 g/mol. The van der Waals surface area contributed by atoms with Crippen molar-refractivity contribution in [2.45, 2.75) is 44.6 Å². The smallest absolute Gasteiger partial charge is 0.221 e. The van der Waals surface area contributed by atoms with E-state index in [1.54, 1.807) is 21.3 Å². The second-order valence-electron chi connectivity index (χ2n) is 7.90. The Morgan fingerprint density at radius 1 is 1.06 bits per heavy atom. The minimum Gasteiger partial charge on any atom is -0.497 e. The summed E-state index contributed by atoms with van der Waals surface area (Å²) in [6, 6.07) is 11.8. The van der Waals surface area contributed by atoms with Gasteiger partial charge in [-0.1, -0.05) is 12.1 Å². The summed E-state index contributed by atoms with van der Waals surface area (Å²) in [4.78, 5) is 12.8. The molecule has 6 nitrogen and oxygen atoms in total. The fourth-order valence-corrected chi connectivity index (χ4v) is 4.15. The molecule has 0 heterocycles. The predicted molar refractivity (Wildman–Crippen MR) is 120 cm³/mol. The maximum absolute atomic E-state index is 12.8. The van der Waals surface area contributed by atoms with Gasteiger partial charge in [0.15, 0.2) is 11.5 Å². The molecule has 0 saturated heterocycles. The molecule has 168 valence electrons. The minimum absolute atomic E-state index is 0.0561. The lowest BCUT2D eigenvalue weighted by Crippen LogP contribution is -2.28. The fourth-order valence-electron chi connectivity index (χ4n) is 4.15. The largest absolute Gasteiger partial charge is 0.497 e. The van der Waals surface area contributed by atoms with E-state index in [4.69, 9.17) is 18.9 Å². The molecule has 3 rings (SSSR count). The summed E-state index contributed by atoms with van der Waals surface area (Å²) in [7, 11) is 4.93. The highest BCUT2D eigenvalue weighted by Gasteiger charge is 2.24. The molecule has 0 saturated carbocycles. The van der Waals surface area contributed by atoms with Gasteiger partial charge < -0.3 is 24.3 Å². The van der Waals surface area contributed by atoms with Crippen LogP contribution in [0.3, 0.4) is 0 Å². The number of carbonyl (C=O) groups excluding carboxylic acids is 1. The van der Waals surface area contributed by atoms with Crippen LogP contribution in [0.25, 0.3) is 0 Å². The lowest BCUT2D eigenvalue weighted by atomic mass is 9.81. The molecule has 2 atom stereocenters. The summed E-state index contributed by atoms with van der Waals surface area (Å²) >= 11 is 0. The number of rotatable bonds is 10. The van der Waals surface area contributed by atoms with Crippen LogP contribution in [0.1, 0.15) is 54.8 Å². The van der Waals surface area contributed by atoms with Crippen LogP contribution in [0.5, 0.6) is 17.2 Å². The zero-order valence-corrected chi connectivity index (χ0v) is 18.9. The second-order valence-corrected chi connectivity index (χ2v) is 7.90. The van der Waals surface area contributed by atoms with Crippen LogP contribution in [0.2, 0.25) is 0 Å². The van der Waals surface area contributed by atoms with E-state index in [0.717, 1.165) is 30.6 Å². The van der Waals surface area contributed by atoms with Crippen LogP contribution in [0.4, 0.5) is 0 Å². The van der Waals surface area contributed by atoms with Crippen LogP contribution in [0.15, 0.2) is 36.4 Å². The van der Waals surface area contributed by atoms with E-state index in [2.05, 4.69) is 17.4 Å². The topological polar surface area (TPSA) is 66.0 Å². The molecule has 1 aliphatic carbocycles. The van der Waals surface area contributed by atoms with Crippen molar-refractivity contribution >= 4 is 5.91 Å². The van der Waals surface area contributed by atoms with Crippen molar-refractivity contribution in [3.05, 3.63) is 53.1 Å². The van der Waals surface area contributed by atoms with Gasteiger partial charge in [-0.05, 0) is 73.1 Å². The first-order valence-corrected chi connectivity index (χ1v) is 10.8. The van der Waals surface area contributed by atoms with E-state index in [9.17, 15) is 4.79 Å². The van der Waals surface area contributed by atoms with Crippen molar-refractivity contribution in [2.75, 3.05) is 34.5 Å². The quantitative estimate of drug-likeness (QED) is 0.569. The Labute approximate surface area is 184 Å². The number of methoxy groups -OCH3 is 3. The van der Waals surface area contributed by atoms with Gasteiger partial charge in [0.25, 0.3) is 0 Å². The van der Waals surface area contributed by atoms with E-state index in [0.29, 0.717) is 31.1 Å². The van der Waals surface area contributed by atoms with Crippen molar-refractivity contribution in [3.8, 4) is 17.2 Å². The van der Waals surface area contributed by atoms with Gasteiger partial charge in [0, 0.05) is 13.5 Å². The SMILES string of the molecule is COCCOc1ccc(C(C)NC(=O)CC2CCCc3cc(OC)ccc32)cc1OC. The van der Waals surface area contributed by atoms with E-state index >= 15 is 0 Å². The van der Waals surface area contributed by atoms with Crippen LogP contribution in [0, 0.1) is 0 Å². The van der Waals surface area contributed by atoms with Crippen LogP contribution < -0.4 is 19.5 Å². The van der Waals surface area contributed by atoms with Gasteiger partial charge in [0.2, 0.25) is 5.91 Å². The molecule has 1 amide bonds. The molecule has 1 N–H and O–H groups in total. The molecule has 0 aliphatic heterocycles. The van der Waals surface area contributed by atoms with Crippen molar-refractivity contribution in [1.29, 1.82) is 0 Å². The van der Waals surface area contributed by atoms with Gasteiger partial charge in [-0.25, -0.2) is 0 Å². The normalized spacial score (nSPS) is 16.2. The Kier molecular flexibility index (Phi) is 8.18. The molecule has 0 bridgehead atoms. The molecule has 1 aliphatic rings. The van der Waals surface area contributed by atoms with Crippen LogP contribution in [-0.4, -0.2) is 40.5 Å². The zero-order valence-electron chi connectivity index (χ0n) is 18.9. The Hall–Kier alpha value is -2.73. The predicted octanol–water partition coefficient (Wildman–Crippen LogP) is 4.42. The number of nitrogens with one attached hydrogen (secondary N) is 1. The lowest BCUT2D eigenvalue weighted by molar-refractivity contribution is -0.122. The summed E-state index contributed by atoms with van der Waals surface area (Å²) in [5.74, 6) is 2.48. The molecule has 31 heavy (non-hydrogen) atoms.